The maximum absolute atomic E-state index is 5.76. The molecule has 3 heteroatoms. The highest BCUT2D eigenvalue weighted by atomic mass is 29.2. The molecule has 0 aliphatic heterocycles. The Morgan fingerprint density at radius 3 is 1.88 bits per heavy atom. The van der Waals surface area contributed by atoms with Gasteiger partial charge in [0, 0.05) is 27.6 Å². The van der Waals surface area contributed by atoms with Crippen LogP contribution in [0.5, 0.6) is 0 Å². The third-order valence-corrected chi connectivity index (χ3v) is 22.2. The van der Waals surface area contributed by atoms with Crippen LogP contribution in [-0.4, -0.2) is 20.5 Å². The molecule has 171 valence electrons. The number of aryl methyl sites for hydroxylation is 1. The molecule has 0 fully saturated rings. The Morgan fingerprint density at radius 1 is 0.794 bits per heavy atom. The van der Waals surface area contributed by atoms with Gasteiger partial charge in [0.1, 0.15) is 7.59 Å². The van der Waals surface area contributed by atoms with Gasteiger partial charge >= 0.3 is 0 Å². The van der Waals surface area contributed by atoms with Gasteiger partial charge < -0.3 is 4.57 Å². The number of rotatable bonds is 6. The average Bonchev–Trinajstić information content (AvgIpc) is 3.20. The second kappa shape index (κ2) is 10.1. The Bertz CT molecular complexity index is 1420. The van der Waals surface area contributed by atoms with E-state index in [1.807, 2.05) is 6.07 Å². The molecule has 0 saturated carbocycles. The van der Waals surface area contributed by atoms with Crippen molar-refractivity contribution in [2.45, 2.75) is 58.8 Å². The average molecular weight is 477 g/mol. The van der Waals surface area contributed by atoms with Crippen LogP contribution in [0.4, 0.5) is 0 Å². The van der Waals surface area contributed by atoms with Crippen molar-refractivity contribution in [2.24, 2.45) is 0 Å². The van der Waals surface area contributed by atoms with Gasteiger partial charge in [-0.3, -0.25) is 0 Å². The van der Waals surface area contributed by atoms with E-state index in [-0.39, 0.29) is 8.31 Å². The molecule has 3 aromatic carbocycles. The molecule has 0 atom stereocenters. The van der Waals surface area contributed by atoms with Crippen molar-refractivity contribution in [3.63, 3.8) is 0 Å². The summed E-state index contributed by atoms with van der Waals surface area (Å²) < 4.78 is 2.34. The summed E-state index contributed by atoms with van der Waals surface area (Å²) in [5.74, 6) is 6.48. The number of hydrogen-bond donors (Lipinski definition) is 0. The van der Waals surface area contributed by atoms with E-state index >= 15 is 0 Å². The monoisotopic (exact) mass is 476 g/mol. The molecule has 0 spiro atoms. The van der Waals surface area contributed by atoms with Crippen molar-refractivity contribution in [1.82, 2.24) is 4.57 Å². The number of fused-ring (bicyclic) bond motifs is 3. The molecule has 0 aliphatic rings. The van der Waals surface area contributed by atoms with Crippen LogP contribution >= 0.6 is 0 Å². The first-order valence-electron chi connectivity index (χ1n) is 12.5. The molecule has 0 aliphatic carbocycles. The number of nitrogens with zero attached hydrogens (tertiary/aromatic N) is 1. The highest BCUT2D eigenvalue weighted by Gasteiger charge is 2.35. The van der Waals surface area contributed by atoms with Gasteiger partial charge in [-0.1, -0.05) is 81.4 Å². The molecule has 1 nitrogen and oxygen atoms in total. The smallest absolute Gasteiger partial charge is 0.127 e. The highest BCUT2D eigenvalue weighted by molar-refractivity contribution is 7.36. The highest BCUT2D eigenvalue weighted by Crippen LogP contribution is 2.33. The van der Waals surface area contributed by atoms with Crippen molar-refractivity contribution in [2.75, 3.05) is 0 Å². The molecular formula is C31H34NSi2. The Balaban J connectivity index is 1.93. The minimum atomic E-state index is -1.54. The molecule has 0 amide bonds. The molecule has 0 bridgehead atoms. The zero-order valence-electron chi connectivity index (χ0n) is 21.1. The van der Waals surface area contributed by atoms with E-state index in [9.17, 15) is 0 Å². The first kappa shape index (κ1) is 24.1. The van der Waals surface area contributed by atoms with Gasteiger partial charge in [-0.25, -0.2) is 0 Å². The van der Waals surface area contributed by atoms with Crippen LogP contribution in [0.25, 0.3) is 27.5 Å². The van der Waals surface area contributed by atoms with E-state index in [0.29, 0.717) is 0 Å². The van der Waals surface area contributed by atoms with Crippen molar-refractivity contribution in [3.8, 4) is 29.5 Å². The quantitative estimate of drug-likeness (QED) is 0.196. The lowest BCUT2D eigenvalue weighted by Crippen LogP contribution is -2.48. The summed E-state index contributed by atoms with van der Waals surface area (Å²) in [5, 5.41) is 2.41. The normalized spacial score (nSPS) is 11.6. The molecule has 1 heterocycles. The molecule has 0 unspecified atom stereocenters. The van der Waals surface area contributed by atoms with Crippen LogP contribution in [-0.2, 0) is 0 Å². The molecule has 1 radical (unpaired) electrons. The lowest BCUT2D eigenvalue weighted by Gasteiger charge is -2.30. The van der Waals surface area contributed by atoms with E-state index < -0.39 is 7.59 Å². The Hall–Kier alpha value is -2.99. The zero-order valence-corrected chi connectivity index (χ0v) is 23.1. The largest absolute Gasteiger partial charge is 0.309 e. The molecule has 4 aromatic rings. The second-order valence-electron chi connectivity index (χ2n) is 9.13. The topological polar surface area (TPSA) is 4.93 Å². The second-order valence-corrected chi connectivity index (χ2v) is 20.6. The standard InChI is InChI=1S/C31H34NSi2/c1-7-25-14-18-30-28(22-25)29-23-26(20-21-34(10-4,11-5)33(8-2)9-3)15-19-31(29)32(30)27-16-12-24(6)13-17-27/h1,12-19,22-23H,8-11H2,2-6H3. The van der Waals surface area contributed by atoms with Crippen molar-refractivity contribution in [3.05, 3.63) is 77.4 Å². The lowest BCUT2D eigenvalue weighted by molar-refractivity contribution is 1.17. The summed E-state index contributed by atoms with van der Waals surface area (Å²) in [6.45, 7) is 11.6. The van der Waals surface area contributed by atoms with Gasteiger partial charge in [-0.15, -0.1) is 12.0 Å². The zero-order chi connectivity index (χ0) is 24.3. The van der Waals surface area contributed by atoms with E-state index in [1.165, 1.54) is 57.2 Å². The first-order valence-corrected chi connectivity index (χ1v) is 17.8. The SMILES string of the molecule is C#Cc1ccc2c(c1)c1cc(C#C[Si](CC)(CC)[Si](CC)CC)ccc1n2-c1ccc(C)cc1. The summed E-state index contributed by atoms with van der Waals surface area (Å²) in [4.78, 5) is 0. The van der Waals surface area contributed by atoms with Crippen molar-refractivity contribution >= 4 is 37.7 Å². The van der Waals surface area contributed by atoms with Crippen LogP contribution in [0.1, 0.15) is 44.4 Å². The summed E-state index contributed by atoms with van der Waals surface area (Å²) in [7, 11) is -1.91. The van der Waals surface area contributed by atoms with Crippen molar-refractivity contribution < 1.29 is 0 Å². The van der Waals surface area contributed by atoms with Crippen molar-refractivity contribution in [1.29, 1.82) is 0 Å². The third kappa shape index (κ3) is 4.27. The van der Waals surface area contributed by atoms with Crippen LogP contribution < -0.4 is 0 Å². The van der Waals surface area contributed by atoms with Gasteiger partial charge in [0.05, 0.1) is 19.3 Å². The Labute approximate surface area is 207 Å². The number of aromatic nitrogens is 1. The first-order chi connectivity index (χ1) is 16.5. The van der Waals surface area contributed by atoms with Crippen LogP contribution in [0.3, 0.4) is 0 Å². The van der Waals surface area contributed by atoms with E-state index in [0.717, 1.165) is 11.1 Å². The number of benzene rings is 3. The lowest BCUT2D eigenvalue weighted by atomic mass is 10.1. The predicted molar refractivity (Wildman–Crippen MR) is 154 cm³/mol. The van der Waals surface area contributed by atoms with Crippen LogP contribution in [0, 0.1) is 30.7 Å². The van der Waals surface area contributed by atoms with Gasteiger partial charge in [0.2, 0.25) is 0 Å². The fourth-order valence-electron chi connectivity index (χ4n) is 5.30. The van der Waals surface area contributed by atoms with Crippen LogP contribution in [0.15, 0.2) is 60.7 Å². The van der Waals surface area contributed by atoms with Gasteiger partial charge in [0.25, 0.3) is 0 Å². The fourth-order valence-corrected chi connectivity index (χ4v) is 17.3. The number of terminal acetylenes is 1. The molecule has 0 saturated heterocycles. The summed E-state index contributed by atoms with van der Waals surface area (Å²) in [5.41, 5.74) is 10.8. The van der Waals surface area contributed by atoms with E-state index in [4.69, 9.17) is 6.42 Å². The fraction of sp³-hybridized carbons (Fsp3) is 0.290. The van der Waals surface area contributed by atoms with E-state index in [1.54, 1.807) is 0 Å². The third-order valence-electron chi connectivity index (χ3n) is 7.41. The Kier molecular flexibility index (Phi) is 7.17. The molecular weight excluding hydrogens is 443 g/mol. The molecule has 0 N–H and O–H groups in total. The minimum Gasteiger partial charge on any atom is -0.309 e. The summed E-state index contributed by atoms with van der Waals surface area (Å²) >= 11 is 0. The molecule has 34 heavy (non-hydrogen) atoms. The summed E-state index contributed by atoms with van der Waals surface area (Å²) in [6.07, 6.45) is 5.76. The van der Waals surface area contributed by atoms with Crippen LogP contribution in [0.2, 0.25) is 24.2 Å². The maximum Gasteiger partial charge on any atom is 0.127 e. The number of hydrogen-bond acceptors (Lipinski definition) is 0. The predicted octanol–water partition coefficient (Wildman–Crippen LogP) is 8.07. The van der Waals surface area contributed by atoms with Gasteiger partial charge in [0.15, 0.2) is 0 Å². The minimum absolute atomic E-state index is 0.374. The molecule has 1 aromatic heterocycles. The van der Waals surface area contributed by atoms with Gasteiger partial charge in [-0.05, 0) is 55.5 Å². The summed E-state index contributed by atoms with van der Waals surface area (Å²) in [6, 6.07) is 27.0. The Morgan fingerprint density at radius 2 is 1.35 bits per heavy atom. The van der Waals surface area contributed by atoms with E-state index in [2.05, 4.69) is 111 Å². The maximum atomic E-state index is 5.76. The molecule has 4 rings (SSSR count). The van der Waals surface area contributed by atoms with Gasteiger partial charge in [-0.2, -0.15) is 0 Å².